The van der Waals surface area contributed by atoms with Crippen LogP contribution in [0.5, 0.6) is 0 Å². The van der Waals surface area contributed by atoms with Gasteiger partial charge in [-0.1, -0.05) is 23.7 Å². The molecule has 0 radical (unpaired) electrons. The van der Waals surface area contributed by atoms with Crippen molar-refractivity contribution in [2.75, 3.05) is 19.7 Å². The van der Waals surface area contributed by atoms with Crippen molar-refractivity contribution in [2.45, 2.75) is 31.4 Å². The third kappa shape index (κ3) is 3.45. The molecule has 1 heterocycles. The van der Waals surface area contributed by atoms with E-state index in [-0.39, 0.29) is 16.7 Å². The van der Waals surface area contributed by atoms with Gasteiger partial charge in [0.15, 0.2) is 0 Å². The van der Waals surface area contributed by atoms with Crippen LogP contribution in [0.3, 0.4) is 0 Å². The van der Waals surface area contributed by atoms with E-state index in [1.807, 2.05) is 0 Å². The molecule has 5 heteroatoms. The van der Waals surface area contributed by atoms with Crippen molar-refractivity contribution >= 4 is 11.6 Å². The van der Waals surface area contributed by atoms with Crippen molar-refractivity contribution < 1.29 is 9.13 Å². The Morgan fingerprint density at radius 3 is 3.00 bits per heavy atom. The van der Waals surface area contributed by atoms with Crippen LogP contribution in [0.15, 0.2) is 18.2 Å². The van der Waals surface area contributed by atoms with E-state index in [1.54, 1.807) is 12.1 Å². The molecule has 1 aliphatic heterocycles. The first kappa shape index (κ1) is 14.7. The first-order chi connectivity index (χ1) is 9.06. The fourth-order valence-electron chi connectivity index (χ4n) is 2.43. The van der Waals surface area contributed by atoms with E-state index in [0.717, 1.165) is 19.4 Å². The summed E-state index contributed by atoms with van der Waals surface area (Å²) >= 11 is 5.80. The number of benzene rings is 1. The van der Waals surface area contributed by atoms with Crippen molar-refractivity contribution in [3.63, 3.8) is 0 Å². The van der Waals surface area contributed by atoms with Gasteiger partial charge in [-0.15, -0.1) is 0 Å². The van der Waals surface area contributed by atoms with Crippen LogP contribution in [0.25, 0.3) is 0 Å². The fourth-order valence-corrected chi connectivity index (χ4v) is 2.61. The highest BCUT2D eigenvalue weighted by Crippen LogP contribution is 2.27. The van der Waals surface area contributed by atoms with Crippen LogP contribution in [0.4, 0.5) is 4.39 Å². The number of nitrogens with one attached hydrogen (secondary N) is 1. The molecule has 1 saturated heterocycles. The molecular weight excluding hydrogens is 267 g/mol. The quantitative estimate of drug-likeness (QED) is 0.875. The van der Waals surface area contributed by atoms with E-state index in [9.17, 15) is 4.39 Å². The van der Waals surface area contributed by atoms with Gasteiger partial charge < -0.3 is 15.8 Å². The van der Waals surface area contributed by atoms with Gasteiger partial charge in [-0.3, -0.25) is 0 Å². The first-order valence-corrected chi connectivity index (χ1v) is 6.95. The molecule has 3 N–H and O–H groups in total. The summed E-state index contributed by atoms with van der Waals surface area (Å²) in [6, 6.07) is 4.73. The molecule has 3 nitrogen and oxygen atoms in total. The van der Waals surface area contributed by atoms with Crippen LogP contribution in [0.2, 0.25) is 5.02 Å². The summed E-state index contributed by atoms with van der Waals surface area (Å²) in [6.07, 6.45) is 2.08. The summed E-state index contributed by atoms with van der Waals surface area (Å²) in [5.41, 5.74) is 6.07. The maximum Gasteiger partial charge on any atom is 0.146 e. The van der Waals surface area contributed by atoms with Crippen LogP contribution >= 0.6 is 11.6 Å². The van der Waals surface area contributed by atoms with Crippen LogP contribution in [0.1, 0.15) is 31.4 Å². The molecule has 0 aromatic heterocycles. The van der Waals surface area contributed by atoms with Gasteiger partial charge in [0.2, 0.25) is 0 Å². The van der Waals surface area contributed by atoms with E-state index >= 15 is 0 Å². The highest BCUT2D eigenvalue weighted by molar-refractivity contribution is 6.30. The maximum absolute atomic E-state index is 14.0. The van der Waals surface area contributed by atoms with E-state index in [4.69, 9.17) is 22.1 Å². The van der Waals surface area contributed by atoms with Gasteiger partial charge in [-0.25, -0.2) is 4.39 Å². The molecule has 0 spiro atoms. The predicted octanol–water partition coefficient (Wildman–Crippen LogP) is 2.64. The van der Waals surface area contributed by atoms with Crippen LogP contribution in [-0.2, 0) is 4.74 Å². The second-order valence-electron chi connectivity index (χ2n) is 5.21. The summed E-state index contributed by atoms with van der Waals surface area (Å²) < 4.78 is 19.7. The van der Waals surface area contributed by atoms with Crippen molar-refractivity contribution in [1.82, 2.24) is 5.32 Å². The highest BCUT2D eigenvalue weighted by Gasteiger charge is 2.30. The Morgan fingerprint density at radius 2 is 2.37 bits per heavy atom. The number of halogens is 2. The standard InChI is InChI=1S/C14H20ClFN2O/c1-14(6-3-7-19-14)9-18-12(8-17)10-4-2-5-11(15)13(10)16/h2,4-5,12,18H,3,6-9,17H2,1H3. The summed E-state index contributed by atoms with van der Waals surface area (Å²) in [4.78, 5) is 0. The predicted molar refractivity (Wildman–Crippen MR) is 74.8 cm³/mol. The summed E-state index contributed by atoms with van der Waals surface area (Å²) in [5, 5.41) is 3.41. The van der Waals surface area contributed by atoms with E-state index < -0.39 is 5.82 Å². The molecule has 2 unspecified atom stereocenters. The van der Waals surface area contributed by atoms with Gasteiger partial charge in [0, 0.05) is 31.3 Å². The molecule has 2 atom stereocenters. The van der Waals surface area contributed by atoms with Crippen LogP contribution in [-0.4, -0.2) is 25.3 Å². The SMILES string of the molecule is CC1(CNC(CN)c2cccc(Cl)c2F)CCCO1. The van der Waals surface area contributed by atoms with Gasteiger partial charge in [0.25, 0.3) is 0 Å². The topological polar surface area (TPSA) is 47.3 Å². The molecule has 1 fully saturated rings. The molecule has 0 aliphatic carbocycles. The Bertz CT molecular complexity index is 435. The van der Waals surface area contributed by atoms with Crippen molar-refractivity contribution in [1.29, 1.82) is 0 Å². The van der Waals surface area contributed by atoms with Crippen molar-refractivity contribution in [2.24, 2.45) is 5.73 Å². The lowest BCUT2D eigenvalue weighted by atomic mass is 10.0. The Hall–Kier alpha value is -0.680. The number of nitrogens with two attached hydrogens (primary N) is 1. The third-order valence-corrected chi connectivity index (χ3v) is 3.91. The van der Waals surface area contributed by atoms with Gasteiger partial charge in [-0.05, 0) is 25.8 Å². The molecule has 106 valence electrons. The minimum atomic E-state index is -0.399. The Labute approximate surface area is 118 Å². The minimum Gasteiger partial charge on any atom is -0.374 e. The smallest absolute Gasteiger partial charge is 0.146 e. The number of ether oxygens (including phenoxy) is 1. The molecule has 1 aromatic carbocycles. The normalized spacial score (nSPS) is 24.6. The maximum atomic E-state index is 14.0. The van der Waals surface area contributed by atoms with Crippen molar-refractivity contribution in [3.8, 4) is 0 Å². The fraction of sp³-hybridized carbons (Fsp3) is 0.571. The van der Waals surface area contributed by atoms with Gasteiger partial charge in [-0.2, -0.15) is 0 Å². The average molecular weight is 287 g/mol. The first-order valence-electron chi connectivity index (χ1n) is 6.57. The second-order valence-corrected chi connectivity index (χ2v) is 5.62. The molecule has 0 amide bonds. The average Bonchev–Trinajstić information content (AvgIpc) is 2.82. The number of hydrogen-bond donors (Lipinski definition) is 2. The van der Waals surface area contributed by atoms with E-state index in [2.05, 4.69) is 12.2 Å². The zero-order chi connectivity index (χ0) is 13.9. The van der Waals surface area contributed by atoms with Gasteiger partial charge in [0.1, 0.15) is 5.82 Å². The molecule has 1 aliphatic rings. The summed E-state index contributed by atoms with van der Waals surface area (Å²) in [6.45, 7) is 3.82. The number of rotatable bonds is 5. The molecule has 0 saturated carbocycles. The molecule has 19 heavy (non-hydrogen) atoms. The van der Waals surface area contributed by atoms with Crippen LogP contribution < -0.4 is 11.1 Å². The Kier molecular flexibility index (Phi) is 4.79. The lowest BCUT2D eigenvalue weighted by molar-refractivity contribution is 0.0188. The van der Waals surface area contributed by atoms with Gasteiger partial charge >= 0.3 is 0 Å². The molecular formula is C14H20ClFN2O. The summed E-state index contributed by atoms with van der Waals surface area (Å²) in [7, 11) is 0. The Morgan fingerprint density at radius 1 is 1.58 bits per heavy atom. The lowest BCUT2D eigenvalue weighted by Gasteiger charge is -2.27. The third-order valence-electron chi connectivity index (χ3n) is 3.62. The Balaban J connectivity index is 2.05. The van der Waals surface area contributed by atoms with E-state index in [1.165, 1.54) is 6.07 Å². The zero-order valence-corrected chi connectivity index (χ0v) is 11.8. The monoisotopic (exact) mass is 286 g/mol. The molecule has 2 rings (SSSR count). The second kappa shape index (κ2) is 6.18. The zero-order valence-electron chi connectivity index (χ0n) is 11.1. The highest BCUT2D eigenvalue weighted by atomic mass is 35.5. The van der Waals surface area contributed by atoms with Gasteiger partial charge in [0.05, 0.1) is 10.6 Å². The van der Waals surface area contributed by atoms with Crippen LogP contribution in [0, 0.1) is 5.82 Å². The lowest BCUT2D eigenvalue weighted by Crippen LogP contribution is -2.41. The van der Waals surface area contributed by atoms with Crippen molar-refractivity contribution in [3.05, 3.63) is 34.6 Å². The van der Waals surface area contributed by atoms with E-state index in [0.29, 0.717) is 18.7 Å². The largest absolute Gasteiger partial charge is 0.374 e. The minimum absolute atomic E-state index is 0.126. The summed E-state index contributed by atoms with van der Waals surface area (Å²) in [5.74, 6) is -0.399. The molecule has 0 bridgehead atoms. The molecule has 1 aromatic rings. The number of hydrogen-bond acceptors (Lipinski definition) is 3.